The Kier molecular flexibility index (Phi) is 5.24. The Balaban J connectivity index is 2.09. The summed E-state index contributed by atoms with van der Waals surface area (Å²) >= 11 is 0. The van der Waals surface area contributed by atoms with E-state index in [-0.39, 0.29) is 18.0 Å². The van der Waals surface area contributed by atoms with Crippen LogP contribution in [0.5, 0.6) is 0 Å². The van der Waals surface area contributed by atoms with Gasteiger partial charge in [-0.1, -0.05) is 24.3 Å². The number of rotatable bonds is 4. The first-order chi connectivity index (χ1) is 10.4. The summed E-state index contributed by atoms with van der Waals surface area (Å²) < 4.78 is 39.0. The third-order valence-electron chi connectivity index (χ3n) is 3.75. The summed E-state index contributed by atoms with van der Waals surface area (Å²) in [4.78, 5) is 15.5. The molecule has 0 saturated carbocycles. The molecule has 1 amide bonds. The largest absolute Gasteiger partial charge is 0.416 e. The second-order valence-corrected chi connectivity index (χ2v) is 5.31. The monoisotopic (exact) mass is 312 g/mol. The summed E-state index contributed by atoms with van der Waals surface area (Å²) in [6.45, 7) is 5.84. The van der Waals surface area contributed by atoms with Crippen LogP contribution in [0, 0.1) is 0 Å². The second-order valence-electron chi connectivity index (χ2n) is 5.31. The summed E-state index contributed by atoms with van der Waals surface area (Å²) in [5, 5.41) is 0. The predicted octanol–water partition coefficient (Wildman–Crippen LogP) is 2.93. The molecule has 0 N–H and O–H groups in total. The van der Waals surface area contributed by atoms with E-state index >= 15 is 0 Å². The predicted molar refractivity (Wildman–Crippen MR) is 78.1 cm³/mol. The fourth-order valence-electron chi connectivity index (χ4n) is 2.59. The maximum Gasteiger partial charge on any atom is 0.416 e. The molecule has 0 spiro atoms. The van der Waals surface area contributed by atoms with Crippen molar-refractivity contribution in [1.29, 1.82) is 0 Å². The van der Waals surface area contributed by atoms with Crippen molar-refractivity contribution in [2.45, 2.75) is 19.1 Å². The van der Waals surface area contributed by atoms with Gasteiger partial charge in [0.2, 0.25) is 5.91 Å². The highest BCUT2D eigenvalue weighted by atomic mass is 19.4. The molecular formula is C16H19F3N2O. The Morgan fingerprint density at radius 3 is 2.59 bits per heavy atom. The van der Waals surface area contributed by atoms with Gasteiger partial charge in [0, 0.05) is 39.1 Å². The van der Waals surface area contributed by atoms with Crippen LogP contribution in [-0.2, 0) is 17.5 Å². The van der Waals surface area contributed by atoms with Gasteiger partial charge in [-0.25, -0.2) is 0 Å². The van der Waals surface area contributed by atoms with Crippen LogP contribution in [0.25, 0.3) is 0 Å². The molecule has 1 fully saturated rings. The third-order valence-corrected chi connectivity index (χ3v) is 3.75. The molecule has 1 heterocycles. The summed E-state index contributed by atoms with van der Waals surface area (Å²) in [5.74, 6) is 0.0199. The van der Waals surface area contributed by atoms with Crippen molar-refractivity contribution < 1.29 is 18.0 Å². The smallest absolute Gasteiger partial charge is 0.338 e. The van der Waals surface area contributed by atoms with Crippen LogP contribution in [0.15, 0.2) is 36.9 Å². The lowest BCUT2D eigenvalue weighted by molar-refractivity contribution is -0.138. The molecule has 120 valence electrons. The molecule has 2 rings (SSSR count). The first kappa shape index (κ1) is 16.5. The lowest BCUT2D eigenvalue weighted by Crippen LogP contribution is -2.33. The fourth-order valence-corrected chi connectivity index (χ4v) is 2.59. The molecule has 1 saturated heterocycles. The fraction of sp³-hybridized carbons (Fsp3) is 0.438. The van der Waals surface area contributed by atoms with Crippen LogP contribution < -0.4 is 0 Å². The number of alkyl halides is 3. The maximum absolute atomic E-state index is 13.0. The number of hydrogen-bond donors (Lipinski definition) is 0. The van der Waals surface area contributed by atoms with Gasteiger partial charge >= 0.3 is 6.18 Å². The van der Waals surface area contributed by atoms with Gasteiger partial charge in [-0.2, -0.15) is 13.2 Å². The highest BCUT2D eigenvalue weighted by Gasteiger charge is 2.33. The highest BCUT2D eigenvalue weighted by Crippen LogP contribution is 2.32. The number of carbonyl (C=O) groups is 1. The number of benzene rings is 1. The quantitative estimate of drug-likeness (QED) is 0.798. The van der Waals surface area contributed by atoms with Crippen molar-refractivity contribution in [1.82, 2.24) is 9.80 Å². The van der Waals surface area contributed by atoms with Crippen molar-refractivity contribution >= 4 is 5.91 Å². The minimum absolute atomic E-state index is 0.0199. The average Bonchev–Trinajstić information content (AvgIpc) is 2.63. The van der Waals surface area contributed by atoms with Gasteiger partial charge in [-0.15, -0.1) is 6.58 Å². The van der Waals surface area contributed by atoms with Crippen LogP contribution >= 0.6 is 0 Å². The van der Waals surface area contributed by atoms with Crippen LogP contribution in [0.3, 0.4) is 0 Å². The zero-order chi connectivity index (χ0) is 16.2. The van der Waals surface area contributed by atoms with Crippen LogP contribution in [0.4, 0.5) is 13.2 Å². The van der Waals surface area contributed by atoms with E-state index < -0.39 is 11.7 Å². The molecule has 3 nitrogen and oxygen atoms in total. The Morgan fingerprint density at radius 1 is 1.18 bits per heavy atom. The number of nitrogens with zero attached hydrogens (tertiary/aromatic N) is 2. The summed E-state index contributed by atoms with van der Waals surface area (Å²) in [6.07, 6.45) is -2.37. The van der Waals surface area contributed by atoms with E-state index in [2.05, 4.69) is 6.58 Å². The minimum Gasteiger partial charge on any atom is -0.338 e. The summed E-state index contributed by atoms with van der Waals surface area (Å²) in [7, 11) is 0. The van der Waals surface area contributed by atoms with E-state index in [0.29, 0.717) is 32.6 Å². The Hall–Kier alpha value is -1.82. The first-order valence-corrected chi connectivity index (χ1v) is 7.18. The molecule has 1 aromatic carbocycles. The summed E-state index contributed by atoms with van der Waals surface area (Å²) in [5.41, 5.74) is -0.354. The Labute approximate surface area is 128 Å². The average molecular weight is 312 g/mol. The van der Waals surface area contributed by atoms with Crippen molar-refractivity contribution in [2.24, 2.45) is 0 Å². The lowest BCUT2D eigenvalue weighted by Gasteiger charge is -2.22. The molecule has 0 aromatic heterocycles. The van der Waals surface area contributed by atoms with Gasteiger partial charge in [0.1, 0.15) is 0 Å². The SMILES string of the molecule is C=CCN1CCN(Cc2ccccc2C(F)(F)F)CCC1=O. The maximum atomic E-state index is 13.0. The van der Waals surface area contributed by atoms with Gasteiger partial charge in [-0.3, -0.25) is 9.69 Å². The molecular weight excluding hydrogens is 293 g/mol. The van der Waals surface area contributed by atoms with E-state index in [0.717, 1.165) is 6.07 Å². The molecule has 0 aliphatic carbocycles. The van der Waals surface area contributed by atoms with E-state index in [1.54, 1.807) is 17.0 Å². The molecule has 0 atom stereocenters. The van der Waals surface area contributed by atoms with Crippen molar-refractivity contribution in [2.75, 3.05) is 26.2 Å². The van der Waals surface area contributed by atoms with E-state index in [1.165, 1.54) is 12.1 Å². The number of carbonyl (C=O) groups excluding carboxylic acids is 1. The topological polar surface area (TPSA) is 23.6 Å². The number of hydrogen-bond acceptors (Lipinski definition) is 2. The van der Waals surface area contributed by atoms with E-state index in [1.807, 2.05) is 4.90 Å². The van der Waals surface area contributed by atoms with Gasteiger partial charge in [0.05, 0.1) is 5.56 Å². The molecule has 6 heteroatoms. The zero-order valence-corrected chi connectivity index (χ0v) is 12.3. The van der Waals surface area contributed by atoms with Gasteiger partial charge < -0.3 is 4.90 Å². The highest BCUT2D eigenvalue weighted by molar-refractivity contribution is 5.76. The molecule has 0 unspecified atom stereocenters. The summed E-state index contributed by atoms with van der Waals surface area (Å²) in [6, 6.07) is 5.60. The normalized spacial score (nSPS) is 17.4. The standard InChI is InChI=1S/C16H19F3N2O/c1-2-8-21-11-10-20(9-7-15(21)22)12-13-5-3-4-6-14(13)16(17,18)19/h2-6H,1,7-12H2. The molecule has 22 heavy (non-hydrogen) atoms. The lowest BCUT2D eigenvalue weighted by atomic mass is 10.1. The zero-order valence-electron chi connectivity index (χ0n) is 12.3. The molecule has 1 aliphatic heterocycles. The van der Waals surface area contributed by atoms with Gasteiger partial charge in [-0.05, 0) is 11.6 Å². The minimum atomic E-state index is -4.35. The molecule has 1 aromatic rings. The van der Waals surface area contributed by atoms with Crippen molar-refractivity contribution in [3.8, 4) is 0 Å². The number of amides is 1. The van der Waals surface area contributed by atoms with Gasteiger partial charge in [0.25, 0.3) is 0 Å². The van der Waals surface area contributed by atoms with E-state index in [4.69, 9.17) is 0 Å². The van der Waals surface area contributed by atoms with Gasteiger partial charge in [0.15, 0.2) is 0 Å². The second kappa shape index (κ2) is 6.96. The first-order valence-electron chi connectivity index (χ1n) is 7.18. The Morgan fingerprint density at radius 2 is 1.91 bits per heavy atom. The van der Waals surface area contributed by atoms with Crippen LogP contribution in [-0.4, -0.2) is 41.9 Å². The van der Waals surface area contributed by atoms with Crippen molar-refractivity contribution in [3.05, 3.63) is 48.0 Å². The van der Waals surface area contributed by atoms with Crippen LogP contribution in [0.2, 0.25) is 0 Å². The molecule has 1 aliphatic rings. The third kappa shape index (κ3) is 4.10. The molecule has 0 radical (unpaired) electrons. The van der Waals surface area contributed by atoms with E-state index in [9.17, 15) is 18.0 Å². The van der Waals surface area contributed by atoms with Crippen LogP contribution in [0.1, 0.15) is 17.5 Å². The Bertz CT molecular complexity index is 542. The number of halogens is 3. The van der Waals surface area contributed by atoms with Crippen molar-refractivity contribution in [3.63, 3.8) is 0 Å². The molecule has 0 bridgehead atoms.